The van der Waals surface area contributed by atoms with Crippen LogP contribution in [0.15, 0.2) is 36.4 Å². The number of halogens is 1. The minimum atomic E-state index is -0.408. The van der Waals surface area contributed by atoms with Crippen LogP contribution >= 0.6 is 11.6 Å². The van der Waals surface area contributed by atoms with Crippen molar-refractivity contribution >= 4 is 35.0 Å². The summed E-state index contributed by atoms with van der Waals surface area (Å²) < 4.78 is 4.66. The first-order chi connectivity index (χ1) is 12.6. The molecule has 1 atom stereocenters. The standard InChI is InChI=1S/C18H19ClN4O3/c1-26-18(25)12-4-6-14(7-5-12)20-17(24)13-3-2-10-23(11-13)16-9-8-15(19)21-22-16/h4-9,13H,2-3,10-11H2,1H3,(H,20,24)/t13-/m0/s1. The van der Waals surface area contributed by atoms with Crippen LogP contribution < -0.4 is 10.2 Å². The van der Waals surface area contributed by atoms with E-state index in [9.17, 15) is 9.59 Å². The average Bonchev–Trinajstić information content (AvgIpc) is 2.68. The van der Waals surface area contributed by atoms with Crippen LogP contribution in [0.5, 0.6) is 0 Å². The molecule has 26 heavy (non-hydrogen) atoms. The van der Waals surface area contributed by atoms with Crippen molar-refractivity contribution in [1.29, 1.82) is 0 Å². The molecule has 0 aliphatic carbocycles. The number of hydrogen-bond donors (Lipinski definition) is 1. The first-order valence-corrected chi connectivity index (χ1v) is 8.68. The third-order valence-electron chi connectivity index (χ3n) is 4.31. The number of carbonyl (C=O) groups is 2. The topological polar surface area (TPSA) is 84.4 Å². The van der Waals surface area contributed by atoms with Crippen LogP contribution in [0.25, 0.3) is 0 Å². The Balaban J connectivity index is 1.62. The predicted octanol–water partition coefficient (Wildman–Crippen LogP) is 2.77. The molecule has 8 heteroatoms. The van der Waals surface area contributed by atoms with Gasteiger partial charge in [-0.1, -0.05) is 11.6 Å². The van der Waals surface area contributed by atoms with Gasteiger partial charge in [0.25, 0.3) is 0 Å². The second kappa shape index (κ2) is 8.14. The number of aromatic nitrogens is 2. The number of nitrogens with one attached hydrogen (secondary N) is 1. The first kappa shape index (κ1) is 18.1. The fraction of sp³-hybridized carbons (Fsp3) is 0.333. The van der Waals surface area contributed by atoms with E-state index < -0.39 is 5.97 Å². The number of rotatable bonds is 4. The van der Waals surface area contributed by atoms with E-state index in [0.29, 0.717) is 28.8 Å². The molecule has 1 fully saturated rings. The van der Waals surface area contributed by atoms with E-state index in [-0.39, 0.29) is 11.8 Å². The molecule has 1 saturated heterocycles. The lowest BCUT2D eigenvalue weighted by Crippen LogP contribution is -2.41. The van der Waals surface area contributed by atoms with Gasteiger partial charge in [0, 0.05) is 18.8 Å². The quantitative estimate of drug-likeness (QED) is 0.828. The Kier molecular flexibility index (Phi) is 5.68. The van der Waals surface area contributed by atoms with E-state index in [1.165, 1.54) is 7.11 Å². The van der Waals surface area contributed by atoms with Crippen LogP contribution in [-0.2, 0) is 9.53 Å². The number of carbonyl (C=O) groups excluding carboxylic acids is 2. The number of anilines is 2. The molecule has 1 aliphatic rings. The molecular weight excluding hydrogens is 356 g/mol. The SMILES string of the molecule is COC(=O)c1ccc(NC(=O)[C@H]2CCCN(c3ccc(Cl)nn3)C2)cc1. The van der Waals surface area contributed by atoms with Crippen molar-refractivity contribution in [1.82, 2.24) is 10.2 Å². The first-order valence-electron chi connectivity index (χ1n) is 8.30. The van der Waals surface area contributed by atoms with Crippen LogP contribution in [0.3, 0.4) is 0 Å². The Bertz CT molecular complexity index is 780. The predicted molar refractivity (Wildman–Crippen MR) is 98.4 cm³/mol. The zero-order chi connectivity index (χ0) is 18.5. The van der Waals surface area contributed by atoms with Crippen molar-refractivity contribution in [3.63, 3.8) is 0 Å². The minimum absolute atomic E-state index is 0.0533. The van der Waals surface area contributed by atoms with Gasteiger partial charge >= 0.3 is 5.97 Å². The summed E-state index contributed by atoms with van der Waals surface area (Å²) in [6.07, 6.45) is 1.70. The Morgan fingerprint density at radius 2 is 1.96 bits per heavy atom. The highest BCUT2D eigenvalue weighted by molar-refractivity contribution is 6.29. The van der Waals surface area contributed by atoms with Gasteiger partial charge in [-0.05, 0) is 49.2 Å². The van der Waals surface area contributed by atoms with Crippen LogP contribution in [0.4, 0.5) is 11.5 Å². The van der Waals surface area contributed by atoms with Crippen molar-refractivity contribution in [2.75, 3.05) is 30.4 Å². The Morgan fingerprint density at radius 1 is 1.19 bits per heavy atom. The van der Waals surface area contributed by atoms with E-state index in [1.54, 1.807) is 36.4 Å². The maximum Gasteiger partial charge on any atom is 0.337 e. The number of amides is 1. The summed E-state index contributed by atoms with van der Waals surface area (Å²) in [5, 5.41) is 11.2. The molecule has 2 heterocycles. The molecule has 0 bridgehead atoms. The molecule has 2 aromatic rings. The molecule has 0 spiro atoms. The largest absolute Gasteiger partial charge is 0.465 e. The lowest BCUT2D eigenvalue weighted by Gasteiger charge is -2.32. The number of esters is 1. The maximum absolute atomic E-state index is 12.6. The van der Waals surface area contributed by atoms with Crippen molar-refractivity contribution in [3.05, 3.63) is 47.1 Å². The number of hydrogen-bond acceptors (Lipinski definition) is 6. The number of ether oxygens (including phenoxy) is 1. The summed E-state index contributed by atoms with van der Waals surface area (Å²) in [5.41, 5.74) is 1.08. The van der Waals surface area contributed by atoms with Crippen molar-refractivity contribution in [2.45, 2.75) is 12.8 Å². The maximum atomic E-state index is 12.6. The second-order valence-electron chi connectivity index (χ2n) is 6.06. The number of methoxy groups -OCH3 is 1. The highest BCUT2D eigenvalue weighted by Gasteiger charge is 2.26. The summed E-state index contributed by atoms with van der Waals surface area (Å²) in [5.74, 6) is 0.105. The van der Waals surface area contributed by atoms with E-state index in [4.69, 9.17) is 11.6 Å². The summed E-state index contributed by atoms with van der Waals surface area (Å²) in [6, 6.07) is 10.1. The monoisotopic (exact) mass is 374 g/mol. The van der Waals surface area contributed by atoms with E-state index in [1.807, 2.05) is 4.90 Å². The average molecular weight is 375 g/mol. The number of nitrogens with zero attached hydrogens (tertiary/aromatic N) is 3. The highest BCUT2D eigenvalue weighted by Crippen LogP contribution is 2.23. The fourth-order valence-corrected chi connectivity index (χ4v) is 3.03. The van der Waals surface area contributed by atoms with Gasteiger partial charge in [-0.2, -0.15) is 0 Å². The van der Waals surface area contributed by atoms with Gasteiger partial charge in [0.1, 0.15) is 0 Å². The number of benzene rings is 1. The van der Waals surface area contributed by atoms with Crippen molar-refractivity contribution in [2.24, 2.45) is 5.92 Å². The normalized spacial score (nSPS) is 16.8. The summed E-state index contributed by atoms with van der Waals surface area (Å²) >= 11 is 5.77. The summed E-state index contributed by atoms with van der Waals surface area (Å²) in [6.45, 7) is 1.40. The van der Waals surface area contributed by atoms with Crippen LogP contribution in [0.1, 0.15) is 23.2 Å². The fourth-order valence-electron chi connectivity index (χ4n) is 2.93. The zero-order valence-corrected chi connectivity index (χ0v) is 15.1. The molecule has 7 nitrogen and oxygen atoms in total. The molecule has 1 aromatic carbocycles. The van der Waals surface area contributed by atoms with Gasteiger partial charge < -0.3 is 15.0 Å². The van der Waals surface area contributed by atoms with Gasteiger partial charge in [-0.15, -0.1) is 10.2 Å². The molecule has 1 aromatic heterocycles. The third-order valence-corrected chi connectivity index (χ3v) is 4.51. The minimum Gasteiger partial charge on any atom is -0.465 e. The molecule has 1 N–H and O–H groups in total. The summed E-state index contributed by atoms with van der Waals surface area (Å²) in [7, 11) is 1.33. The van der Waals surface area contributed by atoms with Crippen molar-refractivity contribution < 1.29 is 14.3 Å². The van der Waals surface area contributed by atoms with Crippen molar-refractivity contribution in [3.8, 4) is 0 Å². The third kappa shape index (κ3) is 4.29. The summed E-state index contributed by atoms with van der Waals surface area (Å²) in [4.78, 5) is 26.1. The Hall–Kier alpha value is -2.67. The Morgan fingerprint density at radius 3 is 2.62 bits per heavy atom. The highest BCUT2D eigenvalue weighted by atomic mass is 35.5. The molecule has 1 aliphatic heterocycles. The van der Waals surface area contributed by atoms with E-state index in [2.05, 4.69) is 20.3 Å². The van der Waals surface area contributed by atoms with Gasteiger partial charge in [0.05, 0.1) is 18.6 Å². The lowest BCUT2D eigenvalue weighted by atomic mass is 9.97. The molecular formula is C18H19ClN4O3. The molecule has 0 saturated carbocycles. The molecule has 136 valence electrons. The van der Waals surface area contributed by atoms with Crippen LogP contribution in [0.2, 0.25) is 5.15 Å². The van der Waals surface area contributed by atoms with Crippen LogP contribution in [0, 0.1) is 5.92 Å². The van der Waals surface area contributed by atoms with E-state index in [0.717, 1.165) is 19.4 Å². The zero-order valence-electron chi connectivity index (χ0n) is 14.3. The van der Waals surface area contributed by atoms with Gasteiger partial charge in [-0.3, -0.25) is 4.79 Å². The van der Waals surface area contributed by atoms with E-state index >= 15 is 0 Å². The second-order valence-corrected chi connectivity index (χ2v) is 6.44. The van der Waals surface area contributed by atoms with Crippen LogP contribution in [-0.4, -0.2) is 42.3 Å². The molecule has 3 rings (SSSR count). The molecule has 0 unspecified atom stereocenters. The Labute approximate surface area is 156 Å². The van der Waals surface area contributed by atoms with Gasteiger partial charge in [0.2, 0.25) is 5.91 Å². The molecule has 1 amide bonds. The smallest absolute Gasteiger partial charge is 0.337 e. The number of piperidine rings is 1. The van der Waals surface area contributed by atoms with Gasteiger partial charge in [-0.25, -0.2) is 4.79 Å². The molecule has 0 radical (unpaired) electrons. The lowest BCUT2D eigenvalue weighted by molar-refractivity contribution is -0.120. The van der Waals surface area contributed by atoms with Gasteiger partial charge in [0.15, 0.2) is 11.0 Å².